The van der Waals surface area contributed by atoms with Gasteiger partial charge in [-0.15, -0.1) is 0 Å². The SMILES string of the molecule is CCCC1(CCc2ccc(O)cc2)CC(O)=C(N(c2ccccc2)c2ccccc2)C(=O)O1. The number of carbonyl (C=O) groups is 1. The van der Waals surface area contributed by atoms with E-state index in [0.717, 1.165) is 23.4 Å². The van der Waals surface area contributed by atoms with E-state index >= 15 is 0 Å². The Kier molecular flexibility index (Phi) is 6.68. The molecule has 0 saturated heterocycles. The lowest BCUT2D eigenvalue weighted by atomic mass is 9.84. The van der Waals surface area contributed by atoms with E-state index in [4.69, 9.17) is 4.74 Å². The second-order valence-electron chi connectivity index (χ2n) is 8.47. The second-order valence-corrected chi connectivity index (χ2v) is 8.47. The third-order valence-corrected chi connectivity index (χ3v) is 6.03. The van der Waals surface area contributed by atoms with Crippen LogP contribution in [0.5, 0.6) is 5.75 Å². The molecule has 0 aliphatic carbocycles. The van der Waals surface area contributed by atoms with Gasteiger partial charge in [0.2, 0.25) is 0 Å². The van der Waals surface area contributed by atoms with Crippen LogP contribution in [0.1, 0.15) is 38.2 Å². The number of hydrogen-bond acceptors (Lipinski definition) is 5. The molecule has 1 aliphatic rings. The Morgan fingerprint density at radius 1 is 0.848 bits per heavy atom. The fraction of sp³-hybridized carbons (Fsp3) is 0.250. The van der Waals surface area contributed by atoms with E-state index in [2.05, 4.69) is 0 Å². The van der Waals surface area contributed by atoms with Crippen LogP contribution in [0.2, 0.25) is 0 Å². The molecule has 0 radical (unpaired) electrons. The van der Waals surface area contributed by atoms with Crippen molar-refractivity contribution < 1.29 is 19.7 Å². The average Bonchev–Trinajstić information content (AvgIpc) is 2.82. The van der Waals surface area contributed by atoms with E-state index in [1.165, 1.54) is 0 Å². The van der Waals surface area contributed by atoms with E-state index in [1.807, 2.05) is 79.7 Å². The first kappa shape index (κ1) is 22.5. The number of hydrogen-bond donors (Lipinski definition) is 2. The number of cyclic esters (lactones) is 1. The largest absolute Gasteiger partial charge is 0.510 e. The molecule has 0 amide bonds. The molecule has 0 bridgehead atoms. The number of carbonyl (C=O) groups excluding carboxylic acids is 1. The minimum absolute atomic E-state index is 0.0399. The molecule has 2 N–H and O–H groups in total. The van der Waals surface area contributed by atoms with Gasteiger partial charge in [-0.05, 0) is 61.2 Å². The number of anilines is 2. The maximum Gasteiger partial charge on any atom is 0.359 e. The zero-order valence-corrected chi connectivity index (χ0v) is 18.8. The topological polar surface area (TPSA) is 70.0 Å². The third-order valence-electron chi connectivity index (χ3n) is 6.03. The molecule has 5 heteroatoms. The quantitative estimate of drug-likeness (QED) is 0.393. The van der Waals surface area contributed by atoms with E-state index in [1.54, 1.807) is 17.0 Å². The molecular formula is C28H29NO4. The fourth-order valence-corrected chi connectivity index (χ4v) is 4.46. The van der Waals surface area contributed by atoms with Crippen molar-refractivity contribution in [2.45, 2.75) is 44.6 Å². The van der Waals surface area contributed by atoms with Crippen LogP contribution in [0, 0.1) is 0 Å². The molecule has 0 aromatic heterocycles. The Morgan fingerprint density at radius 3 is 1.94 bits per heavy atom. The predicted molar refractivity (Wildman–Crippen MR) is 129 cm³/mol. The van der Waals surface area contributed by atoms with Gasteiger partial charge in [0.05, 0.1) is 0 Å². The Hall–Kier alpha value is -3.73. The van der Waals surface area contributed by atoms with Gasteiger partial charge in [0, 0.05) is 17.8 Å². The molecule has 4 rings (SSSR count). The van der Waals surface area contributed by atoms with Crippen molar-refractivity contribution in [2.75, 3.05) is 4.90 Å². The molecule has 3 aromatic carbocycles. The number of para-hydroxylation sites is 2. The van der Waals surface area contributed by atoms with Gasteiger partial charge in [-0.2, -0.15) is 0 Å². The number of rotatable bonds is 8. The Labute approximate surface area is 194 Å². The molecule has 0 fully saturated rings. The summed E-state index contributed by atoms with van der Waals surface area (Å²) in [5.74, 6) is -0.262. The minimum Gasteiger partial charge on any atom is -0.510 e. The molecule has 1 atom stereocenters. The summed E-state index contributed by atoms with van der Waals surface area (Å²) in [5.41, 5.74) is 1.98. The molecule has 170 valence electrons. The number of aliphatic hydroxyl groups excluding tert-OH is 1. The number of esters is 1. The number of phenols is 1. The summed E-state index contributed by atoms with van der Waals surface area (Å²) in [7, 11) is 0. The lowest BCUT2D eigenvalue weighted by Gasteiger charge is -2.39. The molecule has 3 aromatic rings. The van der Waals surface area contributed by atoms with Crippen LogP contribution in [0.25, 0.3) is 0 Å². The smallest absolute Gasteiger partial charge is 0.359 e. The Bertz CT molecular complexity index is 1070. The number of ether oxygens (including phenoxy) is 1. The highest BCUT2D eigenvalue weighted by Crippen LogP contribution is 2.41. The van der Waals surface area contributed by atoms with Gasteiger partial charge in [0.25, 0.3) is 0 Å². The van der Waals surface area contributed by atoms with Crippen LogP contribution in [0.3, 0.4) is 0 Å². The van der Waals surface area contributed by atoms with Crippen LogP contribution in [0.15, 0.2) is 96.4 Å². The fourth-order valence-electron chi connectivity index (χ4n) is 4.46. The Balaban J connectivity index is 1.67. The maximum atomic E-state index is 13.4. The summed E-state index contributed by atoms with van der Waals surface area (Å²) < 4.78 is 6.12. The van der Waals surface area contributed by atoms with E-state index in [9.17, 15) is 15.0 Å². The molecule has 1 unspecified atom stereocenters. The van der Waals surface area contributed by atoms with Gasteiger partial charge in [-0.25, -0.2) is 4.79 Å². The van der Waals surface area contributed by atoms with Crippen molar-refractivity contribution in [3.05, 3.63) is 102 Å². The number of aromatic hydroxyl groups is 1. The van der Waals surface area contributed by atoms with Crippen LogP contribution < -0.4 is 4.90 Å². The number of phenolic OH excluding ortho intramolecular Hbond substituents is 1. The van der Waals surface area contributed by atoms with Gasteiger partial charge in [0.15, 0.2) is 5.70 Å². The summed E-state index contributed by atoms with van der Waals surface area (Å²) in [4.78, 5) is 15.2. The number of benzene rings is 3. The number of aliphatic hydroxyl groups is 1. The van der Waals surface area contributed by atoms with Gasteiger partial charge in [-0.3, -0.25) is 0 Å². The van der Waals surface area contributed by atoms with Crippen molar-refractivity contribution in [1.29, 1.82) is 0 Å². The van der Waals surface area contributed by atoms with Crippen LogP contribution in [-0.2, 0) is 16.0 Å². The van der Waals surface area contributed by atoms with Crippen molar-refractivity contribution in [1.82, 2.24) is 0 Å². The zero-order valence-electron chi connectivity index (χ0n) is 18.8. The summed E-state index contributed by atoms with van der Waals surface area (Å²) >= 11 is 0. The highest BCUT2D eigenvalue weighted by Gasteiger charge is 2.43. The second kappa shape index (κ2) is 9.82. The van der Waals surface area contributed by atoms with E-state index in [-0.39, 0.29) is 23.6 Å². The van der Waals surface area contributed by atoms with Crippen LogP contribution in [-0.4, -0.2) is 21.8 Å². The highest BCUT2D eigenvalue weighted by atomic mass is 16.6. The highest BCUT2D eigenvalue weighted by molar-refractivity contribution is 5.97. The van der Waals surface area contributed by atoms with Crippen LogP contribution >= 0.6 is 0 Å². The van der Waals surface area contributed by atoms with Gasteiger partial charge >= 0.3 is 5.97 Å². The van der Waals surface area contributed by atoms with Crippen molar-refractivity contribution >= 4 is 17.3 Å². The lowest BCUT2D eigenvalue weighted by Crippen LogP contribution is -2.43. The first-order valence-corrected chi connectivity index (χ1v) is 11.3. The third kappa shape index (κ3) is 5.03. The summed E-state index contributed by atoms with van der Waals surface area (Å²) in [6, 6.07) is 26.1. The monoisotopic (exact) mass is 443 g/mol. The van der Waals surface area contributed by atoms with Gasteiger partial charge < -0.3 is 19.8 Å². The lowest BCUT2D eigenvalue weighted by molar-refractivity contribution is -0.160. The van der Waals surface area contributed by atoms with Gasteiger partial charge in [0.1, 0.15) is 17.1 Å². The summed E-state index contributed by atoms with van der Waals surface area (Å²) in [5, 5.41) is 20.8. The van der Waals surface area contributed by atoms with Crippen molar-refractivity contribution in [3.8, 4) is 5.75 Å². The summed E-state index contributed by atoms with van der Waals surface area (Å²) in [6.45, 7) is 2.05. The predicted octanol–water partition coefficient (Wildman–Crippen LogP) is 6.42. The number of nitrogens with zero attached hydrogens (tertiary/aromatic N) is 1. The number of aryl methyl sites for hydroxylation is 1. The molecule has 1 aliphatic heterocycles. The molecule has 33 heavy (non-hydrogen) atoms. The maximum absolute atomic E-state index is 13.4. The zero-order chi connectivity index (χ0) is 23.3. The molecular weight excluding hydrogens is 414 g/mol. The van der Waals surface area contributed by atoms with Crippen molar-refractivity contribution in [2.24, 2.45) is 0 Å². The average molecular weight is 444 g/mol. The first-order chi connectivity index (χ1) is 16.0. The Morgan fingerprint density at radius 2 is 1.42 bits per heavy atom. The van der Waals surface area contributed by atoms with E-state index in [0.29, 0.717) is 19.3 Å². The molecule has 5 nitrogen and oxygen atoms in total. The summed E-state index contributed by atoms with van der Waals surface area (Å²) in [6.07, 6.45) is 3.01. The van der Waals surface area contributed by atoms with Gasteiger partial charge in [-0.1, -0.05) is 61.9 Å². The van der Waals surface area contributed by atoms with E-state index < -0.39 is 11.6 Å². The standard InChI is InChI=1S/C28H29NO4/c1-2-18-28(19-17-21-13-15-24(30)16-14-21)20-25(31)26(27(32)33-28)29(22-9-5-3-6-10-22)23-11-7-4-8-12-23/h3-16,30-31H,2,17-20H2,1H3. The van der Waals surface area contributed by atoms with Crippen molar-refractivity contribution in [3.63, 3.8) is 0 Å². The molecule has 1 heterocycles. The first-order valence-electron chi connectivity index (χ1n) is 11.3. The van der Waals surface area contributed by atoms with Crippen LogP contribution in [0.4, 0.5) is 11.4 Å². The molecule has 0 spiro atoms. The molecule has 0 saturated carbocycles. The normalized spacial score (nSPS) is 18.2. The minimum atomic E-state index is -0.768.